The van der Waals surface area contributed by atoms with Crippen LogP contribution < -0.4 is 0 Å². The van der Waals surface area contributed by atoms with Gasteiger partial charge in [-0.25, -0.2) is 0 Å². The maximum Gasteiger partial charge on any atom is 0.272 e. The fourth-order valence-electron chi connectivity index (χ4n) is 2.47. The third kappa shape index (κ3) is 3.35. The van der Waals surface area contributed by atoms with E-state index in [2.05, 4.69) is 10.1 Å². The molecule has 1 unspecified atom stereocenters. The highest BCUT2D eigenvalue weighted by molar-refractivity contribution is 6.09. The number of rotatable bonds is 4. The average molecular weight is 321 g/mol. The summed E-state index contributed by atoms with van der Waals surface area (Å²) in [6.07, 6.45) is 5.02. The van der Waals surface area contributed by atoms with Crippen molar-refractivity contribution in [2.24, 2.45) is 5.16 Å². The highest BCUT2D eigenvalue weighted by atomic mass is 16.6. The second-order valence-corrected chi connectivity index (χ2v) is 5.59. The van der Waals surface area contributed by atoms with Crippen LogP contribution in [0.4, 0.5) is 0 Å². The van der Waals surface area contributed by atoms with Crippen LogP contribution in [-0.2, 0) is 9.63 Å². The van der Waals surface area contributed by atoms with E-state index in [4.69, 9.17) is 4.84 Å². The number of nitrogens with zero attached hydrogens (tertiary/aromatic N) is 3. The van der Waals surface area contributed by atoms with Gasteiger partial charge in [0.25, 0.3) is 5.91 Å². The van der Waals surface area contributed by atoms with E-state index >= 15 is 0 Å². The SMILES string of the molecule is Cc1cccnc1C1=NOC(C)C(=O)N1C/C=C/c1ccccc1. The number of amides is 1. The lowest BCUT2D eigenvalue weighted by atomic mass is 10.1. The van der Waals surface area contributed by atoms with Gasteiger partial charge in [0.1, 0.15) is 5.69 Å². The Hall–Kier alpha value is -2.95. The van der Waals surface area contributed by atoms with Crippen LogP contribution in [0, 0.1) is 6.92 Å². The molecule has 3 rings (SSSR count). The molecular formula is C19H19N3O2. The maximum absolute atomic E-state index is 12.5. The van der Waals surface area contributed by atoms with Gasteiger partial charge in [-0.1, -0.05) is 53.7 Å². The van der Waals surface area contributed by atoms with E-state index in [1.165, 1.54) is 0 Å². The number of carbonyl (C=O) groups is 1. The lowest BCUT2D eigenvalue weighted by Gasteiger charge is -2.29. The molecule has 2 aromatic rings. The molecule has 1 aromatic heterocycles. The third-order valence-electron chi connectivity index (χ3n) is 3.79. The minimum absolute atomic E-state index is 0.122. The Morgan fingerprint density at radius 3 is 2.75 bits per heavy atom. The first-order valence-corrected chi connectivity index (χ1v) is 7.85. The Labute approximate surface area is 141 Å². The number of amidine groups is 1. The van der Waals surface area contributed by atoms with E-state index in [1.54, 1.807) is 18.0 Å². The van der Waals surface area contributed by atoms with Crippen LogP contribution in [0.5, 0.6) is 0 Å². The summed E-state index contributed by atoms with van der Waals surface area (Å²) in [5.41, 5.74) is 2.68. The summed E-state index contributed by atoms with van der Waals surface area (Å²) < 4.78 is 0. The molecule has 1 aromatic carbocycles. The number of hydrogen-bond donors (Lipinski definition) is 0. The molecule has 0 spiro atoms. The fraction of sp³-hybridized carbons (Fsp3) is 0.211. The number of benzene rings is 1. The lowest BCUT2D eigenvalue weighted by Crippen LogP contribution is -2.47. The first-order valence-electron chi connectivity index (χ1n) is 7.85. The minimum Gasteiger partial charge on any atom is -0.381 e. The normalized spacial score (nSPS) is 17.8. The van der Waals surface area contributed by atoms with Crippen LogP contribution in [0.25, 0.3) is 6.08 Å². The van der Waals surface area contributed by atoms with E-state index < -0.39 is 6.10 Å². The highest BCUT2D eigenvalue weighted by Crippen LogP contribution is 2.16. The van der Waals surface area contributed by atoms with Crippen molar-refractivity contribution in [1.82, 2.24) is 9.88 Å². The van der Waals surface area contributed by atoms with Crippen LogP contribution in [0.2, 0.25) is 0 Å². The van der Waals surface area contributed by atoms with E-state index in [-0.39, 0.29) is 5.91 Å². The summed E-state index contributed by atoms with van der Waals surface area (Å²) in [6.45, 7) is 4.05. The molecule has 0 N–H and O–H groups in total. The summed E-state index contributed by atoms with van der Waals surface area (Å²) >= 11 is 0. The molecule has 1 aliphatic rings. The van der Waals surface area contributed by atoms with E-state index in [0.717, 1.165) is 11.1 Å². The van der Waals surface area contributed by atoms with Crippen molar-refractivity contribution < 1.29 is 9.63 Å². The summed E-state index contributed by atoms with van der Waals surface area (Å²) in [4.78, 5) is 23.7. The molecule has 0 bridgehead atoms. The van der Waals surface area contributed by atoms with Crippen molar-refractivity contribution in [2.75, 3.05) is 6.54 Å². The second kappa shape index (κ2) is 7.08. The van der Waals surface area contributed by atoms with Gasteiger partial charge in [-0.3, -0.25) is 14.7 Å². The van der Waals surface area contributed by atoms with Gasteiger partial charge < -0.3 is 4.84 Å². The monoisotopic (exact) mass is 321 g/mol. The molecule has 5 nitrogen and oxygen atoms in total. The van der Waals surface area contributed by atoms with Crippen molar-refractivity contribution in [3.05, 3.63) is 71.6 Å². The molecule has 0 saturated carbocycles. The number of oxime groups is 1. The predicted molar refractivity (Wildman–Crippen MR) is 93.2 cm³/mol. The van der Waals surface area contributed by atoms with Gasteiger partial charge in [0.2, 0.25) is 11.9 Å². The zero-order valence-electron chi connectivity index (χ0n) is 13.7. The van der Waals surface area contributed by atoms with E-state index in [1.807, 2.05) is 61.5 Å². The Bertz CT molecular complexity index is 784. The molecule has 1 amide bonds. The van der Waals surface area contributed by atoms with Gasteiger partial charge in [0.15, 0.2) is 0 Å². The van der Waals surface area contributed by atoms with Crippen molar-refractivity contribution in [1.29, 1.82) is 0 Å². The van der Waals surface area contributed by atoms with Crippen LogP contribution in [-0.4, -0.2) is 34.3 Å². The number of carbonyl (C=O) groups excluding carboxylic acids is 1. The lowest BCUT2D eigenvalue weighted by molar-refractivity contribution is -0.141. The Balaban J connectivity index is 1.86. The molecule has 0 fully saturated rings. The largest absolute Gasteiger partial charge is 0.381 e. The van der Waals surface area contributed by atoms with Gasteiger partial charge in [-0.05, 0) is 31.0 Å². The average Bonchev–Trinajstić information content (AvgIpc) is 2.60. The molecular weight excluding hydrogens is 302 g/mol. The molecule has 24 heavy (non-hydrogen) atoms. The summed E-state index contributed by atoms with van der Waals surface area (Å²) in [7, 11) is 0. The zero-order valence-corrected chi connectivity index (χ0v) is 13.7. The zero-order chi connectivity index (χ0) is 16.9. The van der Waals surface area contributed by atoms with Gasteiger partial charge in [0, 0.05) is 12.7 Å². The van der Waals surface area contributed by atoms with Crippen molar-refractivity contribution in [3.63, 3.8) is 0 Å². The highest BCUT2D eigenvalue weighted by Gasteiger charge is 2.32. The first kappa shape index (κ1) is 15.9. The third-order valence-corrected chi connectivity index (χ3v) is 3.79. The molecule has 122 valence electrons. The fourth-order valence-corrected chi connectivity index (χ4v) is 2.47. The quantitative estimate of drug-likeness (QED) is 0.870. The van der Waals surface area contributed by atoms with Gasteiger partial charge >= 0.3 is 0 Å². The molecule has 5 heteroatoms. The summed E-state index contributed by atoms with van der Waals surface area (Å²) in [6, 6.07) is 13.7. The van der Waals surface area contributed by atoms with Crippen LogP contribution in [0.15, 0.2) is 59.9 Å². The molecule has 1 aliphatic heterocycles. The van der Waals surface area contributed by atoms with Gasteiger partial charge in [-0.15, -0.1) is 0 Å². The Morgan fingerprint density at radius 1 is 1.21 bits per heavy atom. The summed E-state index contributed by atoms with van der Waals surface area (Å²) in [5.74, 6) is 0.330. The number of hydrogen-bond acceptors (Lipinski definition) is 4. The number of pyridine rings is 1. The topological polar surface area (TPSA) is 54.8 Å². The first-order chi connectivity index (χ1) is 11.7. The van der Waals surface area contributed by atoms with E-state index in [9.17, 15) is 4.79 Å². The second-order valence-electron chi connectivity index (χ2n) is 5.59. The number of aryl methyl sites for hydroxylation is 1. The molecule has 0 radical (unpaired) electrons. The molecule has 0 aliphatic carbocycles. The Morgan fingerprint density at radius 2 is 2.00 bits per heavy atom. The van der Waals surface area contributed by atoms with Crippen molar-refractivity contribution in [2.45, 2.75) is 20.0 Å². The van der Waals surface area contributed by atoms with E-state index in [0.29, 0.717) is 18.1 Å². The maximum atomic E-state index is 12.5. The number of aromatic nitrogens is 1. The van der Waals surface area contributed by atoms with Crippen LogP contribution >= 0.6 is 0 Å². The standard InChI is InChI=1S/C19H19N3O2/c1-14-8-6-12-20-17(14)18-21-24-15(2)19(23)22(18)13-7-11-16-9-4-3-5-10-16/h3-12,15H,13H2,1-2H3/b11-7+. The van der Waals surface area contributed by atoms with Gasteiger partial charge in [0.05, 0.1) is 0 Å². The predicted octanol–water partition coefficient (Wildman–Crippen LogP) is 3.01. The smallest absolute Gasteiger partial charge is 0.272 e. The Kier molecular flexibility index (Phi) is 4.70. The summed E-state index contributed by atoms with van der Waals surface area (Å²) in [5, 5.41) is 4.12. The molecule has 1 atom stereocenters. The van der Waals surface area contributed by atoms with Crippen LogP contribution in [0.1, 0.15) is 23.7 Å². The van der Waals surface area contributed by atoms with Crippen molar-refractivity contribution in [3.8, 4) is 0 Å². The molecule has 0 saturated heterocycles. The van der Waals surface area contributed by atoms with Crippen molar-refractivity contribution >= 4 is 17.8 Å². The minimum atomic E-state index is -0.595. The van der Waals surface area contributed by atoms with Crippen LogP contribution in [0.3, 0.4) is 0 Å². The van der Waals surface area contributed by atoms with Gasteiger partial charge in [-0.2, -0.15) is 0 Å². The molecule has 2 heterocycles.